The summed E-state index contributed by atoms with van der Waals surface area (Å²) in [5.74, 6) is 4.06. The van der Waals surface area contributed by atoms with E-state index in [9.17, 15) is 14.7 Å². The van der Waals surface area contributed by atoms with Crippen LogP contribution in [0.25, 0.3) is 0 Å². The van der Waals surface area contributed by atoms with Crippen molar-refractivity contribution in [2.24, 2.45) is 23.7 Å². The molecule has 3 rings (SSSR count). The topological polar surface area (TPSA) is 76.1 Å². The highest BCUT2D eigenvalue weighted by Gasteiger charge is 2.29. The Morgan fingerprint density at radius 1 is 0.632 bits per heavy atom. The van der Waals surface area contributed by atoms with E-state index in [2.05, 4.69) is 37.6 Å². The Morgan fingerprint density at radius 3 is 1.79 bits per heavy atom. The molecule has 7 heteroatoms. The summed E-state index contributed by atoms with van der Waals surface area (Å²) in [7, 11) is 2.32. The number of carbonyl (C=O) groups excluding carboxylic acids is 2. The van der Waals surface area contributed by atoms with Crippen molar-refractivity contribution in [3.05, 3.63) is 0 Å². The second kappa shape index (κ2) is 32.9. The zero-order valence-electron chi connectivity index (χ0n) is 37.8. The molecule has 0 aromatic carbocycles. The van der Waals surface area contributed by atoms with E-state index in [0.717, 1.165) is 62.8 Å². The van der Waals surface area contributed by atoms with Crippen LogP contribution in [0.15, 0.2) is 0 Å². The van der Waals surface area contributed by atoms with Crippen LogP contribution in [0.4, 0.5) is 0 Å². The third kappa shape index (κ3) is 23.7. The van der Waals surface area contributed by atoms with Crippen LogP contribution >= 0.6 is 11.8 Å². The van der Waals surface area contributed by atoms with Crippen LogP contribution in [0.5, 0.6) is 0 Å². The molecule has 0 amide bonds. The molecule has 0 heterocycles. The van der Waals surface area contributed by atoms with Crippen LogP contribution in [0.1, 0.15) is 232 Å². The molecule has 5 atom stereocenters. The minimum Gasteiger partial charge on any atom is -0.466 e. The molecular formula is C50H93NO5S. The summed E-state index contributed by atoms with van der Waals surface area (Å²) in [5.41, 5.74) is 0. The number of aliphatic hydroxyl groups is 1. The minimum absolute atomic E-state index is 0.0199. The number of unbranched alkanes of at least 4 members (excludes halogenated alkanes) is 5. The Kier molecular flexibility index (Phi) is 29.2. The average Bonchev–Trinajstić information content (AvgIpc) is 3.23. The lowest BCUT2D eigenvalue weighted by molar-refractivity contribution is -0.150. The van der Waals surface area contributed by atoms with Gasteiger partial charge in [0.2, 0.25) is 0 Å². The highest BCUT2D eigenvalue weighted by atomic mass is 32.2. The highest BCUT2D eigenvalue weighted by Crippen LogP contribution is 2.35. The Bertz CT molecular complexity index is 984. The SMILES string of the molecule is CCCCCC(CCOC(=O)CCC1CCCCC1)CCC(CCC(CCCCC)CCS[C@@H]1CCCC[C@H]1OC(=O)CCC1CCCCC1)N(C)CCCCO. The first kappa shape index (κ1) is 50.6. The lowest BCUT2D eigenvalue weighted by Gasteiger charge is -2.32. The molecule has 0 aromatic rings. The van der Waals surface area contributed by atoms with Crippen molar-refractivity contribution in [1.82, 2.24) is 4.90 Å². The monoisotopic (exact) mass is 820 g/mol. The van der Waals surface area contributed by atoms with Crippen molar-refractivity contribution in [2.45, 2.75) is 250 Å². The molecule has 0 aromatic heterocycles. The predicted molar refractivity (Wildman–Crippen MR) is 243 cm³/mol. The number of rotatable bonds is 33. The fourth-order valence-corrected chi connectivity index (χ4v) is 11.9. The fraction of sp³-hybridized carbons (Fsp3) is 0.960. The number of esters is 2. The number of thioether (sulfide) groups is 1. The molecule has 0 radical (unpaired) electrons. The maximum atomic E-state index is 13.0. The fourth-order valence-electron chi connectivity index (χ4n) is 10.3. The van der Waals surface area contributed by atoms with Crippen molar-refractivity contribution in [3.8, 4) is 0 Å². The molecule has 3 unspecified atom stereocenters. The van der Waals surface area contributed by atoms with Gasteiger partial charge in [-0.05, 0) is 126 Å². The summed E-state index contributed by atoms with van der Waals surface area (Å²) in [6.45, 7) is 6.50. The molecule has 6 nitrogen and oxygen atoms in total. The average molecular weight is 820 g/mol. The second-order valence-corrected chi connectivity index (χ2v) is 20.4. The van der Waals surface area contributed by atoms with Crippen LogP contribution in [-0.2, 0) is 19.1 Å². The third-order valence-corrected chi connectivity index (χ3v) is 15.8. The zero-order chi connectivity index (χ0) is 40.8. The van der Waals surface area contributed by atoms with Gasteiger partial charge in [0.1, 0.15) is 6.10 Å². The molecule has 1 N–H and O–H groups in total. The molecule has 0 bridgehead atoms. The number of hydrogen-bond acceptors (Lipinski definition) is 7. The molecule has 57 heavy (non-hydrogen) atoms. The van der Waals surface area contributed by atoms with Gasteiger partial charge in [-0.1, -0.05) is 136 Å². The number of carbonyl (C=O) groups is 2. The van der Waals surface area contributed by atoms with Crippen molar-refractivity contribution in [2.75, 3.05) is 32.6 Å². The molecule has 0 saturated heterocycles. The van der Waals surface area contributed by atoms with E-state index in [-0.39, 0.29) is 24.6 Å². The summed E-state index contributed by atoms with van der Waals surface area (Å²) in [6.07, 6.45) is 40.6. The Hall–Kier alpha value is -0.790. The molecule has 0 spiro atoms. The van der Waals surface area contributed by atoms with Gasteiger partial charge in [0.15, 0.2) is 0 Å². The Balaban J connectivity index is 1.51. The minimum atomic E-state index is 0.0199. The predicted octanol–water partition coefficient (Wildman–Crippen LogP) is 13.6. The van der Waals surface area contributed by atoms with Crippen LogP contribution in [0, 0.1) is 23.7 Å². The lowest BCUT2D eigenvalue weighted by atomic mass is 9.86. The van der Waals surface area contributed by atoms with Gasteiger partial charge in [0, 0.05) is 30.7 Å². The van der Waals surface area contributed by atoms with E-state index >= 15 is 0 Å². The molecule has 3 fully saturated rings. The van der Waals surface area contributed by atoms with E-state index in [1.165, 1.54) is 173 Å². The van der Waals surface area contributed by atoms with Gasteiger partial charge in [-0.15, -0.1) is 0 Å². The summed E-state index contributed by atoms with van der Waals surface area (Å²) >= 11 is 2.11. The second-order valence-electron chi connectivity index (χ2n) is 19.0. The van der Waals surface area contributed by atoms with E-state index < -0.39 is 0 Å². The number of hydrogen-bond donors (Lipinski definition) is 1. The van der Waals surface area contributed by atoms with Gasteiger partial charge in [-0.2, -0.15) is 11.8 Å². The van der Waals surface area contributed by atoms with Gasteiger partial charge in [0.05, 0.1) is 6.61 Å². The summed E-state index contributed by atoms with van der Waals surface area (Å²) in [4.78, 5) is 28.3. The number of aliphatic hydroxyl groups excluding tert-OH is 1. The van der Waals surface area contributed by atoms with Crippen molar-refractivity contribution >= 4 is 23.7 Å². The first-order chi connectivity index (χ1) is 27.9. The van der Waals surface area contributed by atoms with Crippen molar-refractivity contribution < 1.29 is 24.2 Å². The Labute approximate surface area is 357 Å². The van der Waals surface area contributed by atoms with Gasteiger partial charge in [-0.3, -0.25) is 9.59 Å². The van der Waals surface area contributed by atoms with Gasteiger partial charge in [-0.25, -0.2) is 0 Å². The van der Waals surface area contributed by atoms with Crippen molar-refractivity contribution in [1.29, 1.82) is 0 Å². The summed E-state index contributed by atoms with van der Waals surface area (Å²) < 4.78 is 12.1. The summed E-state index contributed by atoms with van der Waals surface area (Å²) in [5, 5.41) is 9.98. The quantitative estimate of drug-likeness (QED) is 0.0522. The number of ether oxygens (including phenoxy) is 2. The Morgan fingerprint density at radius 2 is 1.19 bits per heavy atom. The highest BCUT2D eigenvalue weighted by molar-refractivity contribution is 7.99. The van der Waals surface area contributed by atoms with Crippen LogP contribution in [0.3, 0.4) is 0 Å². The van der Waals surface area contributed by atoms with Crippen LogP contribution < -0.4 is 0 Å². The smallest absolute Gasteiger partial charge is 0.306 e. The molecule has 3 aliphatic carbocycles. The standard InChI is InChI=1S/C50H93NO5S/c1-4-6-10-20-44(36-40-55-49(53)34-30-42-22-12-8-13-23-42)28-32-46(51(3)38-18-19-39-52)33-29-45(21-11-7-5-2)37-41-57-48-27-17-16-26-47(48)56-50(54)35-31-43-24-14-9-15-25-43/h42-48,52H,4-41H2,1-3H3/t44?,45?,46?,47-,48-/m1/s1. The first-order valence-electron chi connectivity index (χ1n) is 25.2. The molecule has 0 aliphatic heterocycles. The van der Waals surface area contributed by atoms with Gasteiger partial charge in [0.25, 0.3) is 0 Å². The van der Waals surface area contributed by atoms with E-state index in [0.29, 0.717) is 36.7 Å². The third-order valence-electron chi connectivity index (χ3n) is 14.3. The van der Waals surface area contributed by atoms with Gasteiger partial charge < -0.3 is 19.5 Å². The van der Waals surface area contributed by atoms with Crippen LogP contribution in [0.2, 0.25) is 0 Å². The normalized spacial score (nSPS) is 21.4. The number of nitrogens with zero attached hydrogens (tertiary/aromatic N) is 1. The van der Waals surface area contributed by atoms with Crippen LogP contribution in [-0.4, -0.2) is 71.9 Å². The zero-order valence-corrected chi connectivity index (χ0v) is 38.7. The molecule has 334 valence electrons. The summed E-state index contributed by atoms with van der Waals surface area (Å²) in [6, 6.07) is 0.549. The largest absolute Gasteiger partial charge is 0.466 e. The van der Waals surface area contributed by atoms with E-state index in [1.807, 2.05) is 0 Å². The molecule has 3 aliphatic rings. The maximum absolute atomic E-state index is 13.0. The molecular weight excluding hydrogens is 727 g/mol. The van der Waals surface area contributed by atoms with Gasteiger partial charge >= 0.3 is 11.9 Å². The molecule has 3 saturated carbocycles. The lowest BCUT2D eigenvalue weighted by Crippen LogP contribution is -2.34. The first-order valence-corrected chi connectivity index (χ1v) is 26.2. The maximum Gasteiger partial charge on any atom is 0.306 e. The van der Waals surface area contributed by atoms with E-state index in [1.54, 1.807) is 0 Å². The van der Waals surface area contributed by atoms with Crippen molar-refractivity contribution in [3.63, 3.8) is 0 Å². The van der Waals surface area contributed by atoms with E-state index in [4.69, 9.17) is 9.47 Å².